The second-order valence-corrected chi connectivity index (χ2v) is 8.17. The highest BCUT2D eigenvalue weighted by molar-refractivity contribution is 9.10. The van der Waals surface area contributed by atoms with Gasteiger partial charge in [-0.15, -0.1) is 0 Å². The quantitative estimate of drug-likeness (QED) is 0.829. The van der Waals surface area contributed by atoms with Crippen molar-refractivity contribution in [1.29, 1.82) is 0 Å². The van der Waals surface area contributed by atoms with Crippen LogP contribution in [0.15, 0.2) is 27.6 Å². The van der Waals surface area contributed by atoms with Crippen molar-refractivity contribution in [1.82, 2.24) is 9.21 Å². The molecule has 1 aromatic carbocycles. The van der Waals surface area contributed by atoms with Crippen molar-refractivity contribution in [3.8, 4) is 0 Å². The monoisotopic (exact) mass is 361 g/mol. The summed E-state index contributed by atoms with van der Waals surface area (Å²) < 4.78 is 27.3. The summed E-state index contributed by atoms with van der Waals surface area (Å²) in [6, 6.07) is 5.17. The lowest BCUT2D eigenvalue weighted by molar-refractivity contribution is 0.271. The highest BCUT2D eigenvalue weighted by Gasteiger charge is 2.29. The molecule has 0 radical (unpaired) electrons. The van der Waals surface area contributed by atoms with Crippen molar-refractivity contribution in [2.24, 2.45) is 0 Å². The zero-order valence-corrected chi connectivity index (χ0v) is 14.1. The van der Waals surface area contributed by atoms with Crippen molar-refractivity contribution in [3.63, 3.8) is 0 Å². The van der Waals surface area contributed by atoms with Crippen LogP contribution in [0.4, 0.5) is 5.69 Å². The maximum Gasteiger partial charge on any atom is 0.244 e. The van der Waals surface area contributed by atoms with Crippen LogP contribution in [0.25, 0.3) is 0 Å². The molecule has 2 rings (SSSR count). The molecular formula is C13H20BrN3O2S. The number of nitrogen functional groups attached to an aromatic ring is 1. The maximum atomic E-state index is 12.6. The average Bonchev–Trinajstić information content (AvgIpc) is 2.78. The van der Waals surface area contributed by atoms with E-state index in [0.29, 0.717) is 11.0 Å². The maximum absolute atomic E-state index is 12.6. The first-order valence-electron chi connectivity index (χ1n) is 6.54. The summed E-state index contributed by atoms with van der Waals surface area (Å²) in [7, 11) is 0.0949. The van der Waals surface area contributed by atoms with Crippen LogP contribution in [0.1, 0.15) is 12.8 Å². The summed E-state index contributed by atoms with van der Waals surface area (Å²) in [6.07, 6.45) is 2.15. The van der Waals surface area contributed by atoms with Gasteiger partial charge in [-0.2, -0.15) is 4.31 Å². The van der Waals surface area contributed by atoms with Crippen LogP contribution in [0.3, 0.4) is 0 Å². The minimum Gasteiger partial charge on any atom is -0.398 e. The Hall–Kier alpha value is -0.630. The Balaban J connectivity index is 2.23. The molecule has 0 bridgehead atoms. The Morgan fingerprint density at radius 3 is 2.80 bits per heavy atom. The summed E-state index contributed by atoms with van der Waals surface area (Å²) >= 11 is 3.29. The van der Waals surface area contributed by atoms with E-state index in [2.05, 4.69) is 20.8 Å². The summed E-state index contributed by atoms with van der Waals surface area (Å²) in [4.78, 5) is 2.37. The van der Waals surface area contributed by atoms with E-state index in [1.165, 1.54) is 4.31 Å². The molecule has 20 heavy (non-hydrogen) atoms. The number of sulfonamides is 1. The summed E-state index contributed by atoms with van der Waals surface area (Å²) in [5.41, 5.74) is 6.09. The second-order valence-electron chi connectivity index (χ2n) is 5.24. The fourth-order valence-corrected chi connectivity index (χ4v) is 4.36. The molecule has 1 atom stereocenters. The zero-order chi connectivity index (χ0) is 14.9. The number of nitrogens with two attached hydrogens (primary N) is 1. The van der Waals surface area contributed by atoms with Gasteiger partial charge in [0.05, 0.1) is 5.69 Å². The molecule has 0 spiro atoms. The van der Waals surface area contributed by atoms with E-state index in [1.807, 2.05) is 7.05 Å². The molecule has 5 nitrogen and oxygen atoms in total. The van der Waals surface area contributed by atoms with E-state index in [4.69, 9.17) is 5.73 Å². The first kappa shape index (κ1) is 15.8. The Bertz CT molecular complexity index is 591. The number of likely N-dealkylation sites (N-methyl/N-ethyl adjacent to an activating group) is 2. The van der Waals surface area contributed by atoms with Crippen molar-refractivity contribution < 1.29 is 8.42 Å². The molecule has 1 aliphatic heterocycles. The number of hydrogen-bond acceptors (Lipinski definition) is 4. The summed E-state index contributed by atoms with van der Waals surface area (Å²) in [5, 5.41) is 0. The highest BCUT2D eigenvalue weighted by Crippen LogP contribution is 2.26. The van der Waals surface area contributed by atoms with Crippen LogP contribution in [-0.2, 0) is 10.0 Å². The number of anilines is 1. The number of halogens is 1. The zero-order valence-electron chi connectivity index (χ0n) is 11.7. The Morgan fingerprint density at radius 2 is 2.20 bits per heavy atom. The third-order valence-electron chi connectivity index (χ3n) is 3.80. The normalized spacial score (nSPS) is 20.7. The van der Waals surface area contributed by atoms with Crippen LogP contribution in [0.2, 0.25) is 0 Å². The Kier molecular flexibility index (Phi) is 4.73. The lowest BCUT2D eigenvalue weighted by Gasteiger charge is -2.25. The molecule has 0 amide bonds. The number of likely N-dealkylation sites (tertiary alicyclic amines) is 1. The first-order valence-corrected chi connectivity index (χ1v) is 8.77. The first-order chi connectivity index (χ1) is 9.32. The molecule has 0 aromatic heterocycles. The fourth-order valence-electron chi connectivity index (χ4n) is 2.50. The summed E-state index contributed by atoms with van der Waals surface area (Å²) in [5.74, 6) is 0. The Morgan fingerprint density at radius 1 is 1.50 bits per heavy atom. The van der Waals surface area contributed by atoms with Crippen LogP contribution in [-0.4, -0.2) is 50.8 Å². The van der Waals surface area contributed by atoms with Gasteiger partial charge >= 0.3 is 0 Å². The minimum absolute atomic E-state index is 0.162. The molecule has 1 unspecified atom stereocenters. The predicted octanol–water partition coefficient (Wildman–Crippen LogP) is 1.75. The molecule has 1 aliphatic rings. The van der Waals surface area contributed by atoms with Crippen LogP contribution in [0, 0.1) is 0 Å². The molecule has 0 saturated carbocycles. The van der Waals surface area contributed by atoms with E-state index < -0.39 is 10.0 Å². The molecule has 2 N–H and O–H groups in total. The number of rotatable bonds is 4. The summed E-state index contributed by atoms with van der Waals surface area (Å²) in [6.45, 7) is 1.52. The predicted molar refractivity (Wildman–Crippen MR) is 84.0 cm³/mol. The molecule has 1 aromatic rings. The number of benzene rings is 1. The lowest BCUT2D eigenvalue weighted by Crippen LogP contribution is -2.39. The SMILES string of the molecule is CN1CCCC1CN(C)S(=O)(=O)c1cc(Br)ccc1N. The van der Waals surface area contributed by atoms with Crippen molar-refractivity contribution in [2.45, 2.75) is 23.8 Å². The molecule has 1 heterocycles. The smallest absolute Gasteiger partial charge is 0.244 e. The van der Waals surface area contributed by atoms with Gasteiger partial charge in [-0.05, 0) is 44.6 Å². The standard InChI is InChI=1S/C13H20BrN3O2S/c1-16-7-3-4-11(16)9-17(2)20(18,19)13-8-10(14)5-6-12(13)15/h5-6,8,11H,3-4,7,9,15H2,1-2H3. The van der Waals surface area contributed by atoms with Gasteiger partial charge in [0.15, 0.2) is 0 Å². The van der Waals surface area contributed by atoms with Crippen molar-refractivity contribution >= 4 is 31.6 Å². The number of nitrogens with zero attached hydrogens (tertiary/aromatic N) is 2. The molecule has 112 valence electrons. The van der Waals surface area contributed by atoms with Gasteiger partial charge in [0.25, 0.3) is 0 Å². The fraction of sp³-hybridized carbons (Fsp3) is 0.538. The third kappa shape index (κ3) is 3.16. The molecular weight excluding hydrogens is 342 g/mol. The van der Waals surface area contributed by atoms with E-state index >= 15 is 0 Å². The van der Waals surface area contributed by atoms with Gasteiger partial charge in [0.1, 0.15) is 4.90 Å². The topological polar surface area (TPSA) is 66.6 Å². The Labute approximate surface area is 128 Å². The second kappa shape index (κ2) is 6.01. The molecule has 1 saturated heterocycles. The van der Waals surface area contributed by atoms with Gasteiger partial charge in [0, 0.05) is 24.1 Å². The average molecular weight is 362 g/mol. The van der Waals surface area contributed by atoms with Gasteiger partial charge in [-0.25, -0.2) is 8.42 Å². The largest absolute Gasteiger partial charge is 0.398 e. The van der Waals surface area contributed by atoms with Crippen molar-refractivity contribution in [2.75, 3.05) is 32.9 Å². The van der Waals surface area contributed by atoms with E-state index in [1.54, 1.807) is 25.2 Å². The van der Waals surface area contributed by atoms with E-state index in [9.17, 15) is 8.42 Å². The van der Waals surface area contributed by atoms with E-state index in [0.717, 1.165) is 19.4 Å². The minimum atomic E-state index is -3.55. The molecule has 1 fully saturated rings. The molecule has 0 aliphatic carbocycles. The molecule has 7 heteroatoms. The van der Waals surface area contributed by atoms with Gasteiger partial charge in [-0.3, -0.25) is 0 Å². The van der Waals surface area contributed by atoms with Gasteiger partial charge < -0.3 is 10.6 Å². The van der Waals surface area contributed by atoms with Crippen LogP contribution >= 0.6 is 15.9 Å². The third-order valence-corrected chi connectivity index (χ3v) is 6.18. The van der Waals surface area contributed by atoms with Crippen LogP contribution in [0.5, 0.6) is 0 Å². The number of hydrogen-bond donors (Lipinski definition) is 1. The lowest BCUT2D eigenvalue weighted by atomic mass is 10.2. The van der Waals surface area contributed by atoms with Crippen LogP contribution < -0.4 is 5.73 Å². The van der Waals surface area contributed by atoms with Crippen molar-refractivity contribution in [3.05, 3.63) is 22.7 Å². The van der Waals surface area contributed by atoms with Gasteiger partial charge in [0.2, 0.25) is 10.0 Å². The van der Waals surface area contributed by atoms with E-state index in [-0.39, 0.29) is 16.6 Å². The van der Waals surface area contributed by atoms with Gasteiger partial charge in [-0.1, -0.05) is 15.9 Å². The highest BCUT2D eigenvalue weighted by atomic mass is 79.9.